The Hall–Kier alpha value is -0.120. The lowest BCUT2D eigenvalue weighted by Crippen LogP contribution is -2.21. The molecule has 0 atom stereocenters. The fraction of sp³-hybridized carbons (Fsp3) is 1.00. The molecule has 2 N–H and O–H groups in total. The third kappa shape index (κ3) is 19.9. The lowest BCUT2D eigenvalue weighted by atomic mass is 10.0. The zero-order chi connectivity index (χ0) is 17.7. The zero-order valence-corrected chi connectivity index (χ0v) is 16.6. The number of hydroxylamine groups is 2. The van der Waals surface area contributed by atoms with Gasteiger partial charge in [-0.15, -0.1) is 0 Å². The van der Waals surface area contributed by atoms with Crippen molar-refractivity contribution in [1.82, 2.24) is 5.06 Å². The van der Waals surface area contributed by atoms with Crippen LogP contribution >= 0.6 is 0 Å². The average molecular weight is 342 g/mol. The first-order chi connectivity index (χ1) is 11.8. The summed E-state index contributed by atoms with van der Waals surface area (Å²) >= 11 is 0. The highest BCUT2D eigenvalue weighted by Crippen LogP contribution is 2.13. The van der Waals surface area contributed by atoms with Crippen molar-refractivity contribution < 1.29 is 0 Å². The molecule has 0 radical (unpaired) electrons. The Morgan fingerprint density at radius 3 is 1.25 bits per heavy atom. The zero-order valence-electron chi connectivity index (χ0n) is 16.6. The molecule has 0 aliphatic rings. The van der Waals surface area contributed by atoms with E-state index in [1.54, 1.807) is 0 Å². The average Bonchev–Trinajstić information content (AvgIpc) is 2.59. The predicted molar refractivity (Wildman–Crippen MR) is 108 cm³/mol. The van der Waals surface area contributed by atoms with Gasteiger partial charge in [0.2, 0.25) is 0 Å². The van der Waals surface area contributed by atoms with Gasteiger partial charge in [-0.25, -0.2) is 0 Å². The molecule has 0 aliphatic heterocycles. The van der Waals surface area contributed by atoms with Crippen molar-refractivity contribution in [2.45, 2.75) is 116 Å². The normalized spacial score (nSPS) is 11.5. The molecule has 3 nitrogen and oxygen atoms in total. The molecule has 0 saturated heterocycles. The number of hydrogen-bond donors (Lipinski definition) is 1. The van der Waals surface area contributed by atoms with Crippen LogP contribution in [0.2, 0.25) is 0 Å². The first-order valence-corrected chi connectivity index (χ1v) is 10.9. The minimum atomic E-state index is 0.606. The van der Waals surface area contributed by atoms with Gasteiger partial charge in [-0.05, 0) is 32.5 Å². The fourth-order valence-corrected chi connectivity index (χ4v) is 3.22. The number of nitrogens with zero attached hydrogens (tertiary/aromatic N) is 1. The van der Waals surface area contributed by atoms with E-state index >= 15 is 0 Å². The first kappa shape index (κ1) is 23.9. The van der Waals surface area contributed by atoms with Crippen LogP contribution in [0.3, 0.4) is 0 Å². The van der Waals surface area contributed by atoms with Crippen molar-refractivity contribution >= 4 is 0 Å². The summed E-state index contributed by atoms with van der Waals surface area (Å²) in [6, 6.07) is 0. The first-order valence-electron chi connectivity index (χ1n) is 10.9. The summed E-state index contributed by atoms with van der Waals surface area (Å²) in [5.74, 6) is 0. The Bertz CT molecular complexity index is 224. The maximum atomic E-state index is 11.4. The SMILES string of the molecule is CCCCCCCCCCCCCCCCCCN([O-])CCCN. The molecule has 0 saturated carbocycles. The van der Waals surface area contributed by atoms with E-state index in [0.29, 0.717) is 19.6 Å². The van der Waals surface area contributed by atoms with Crippen LogP contribution in [-0.2, 0) is 0 Å². The van der Waals surface area contributed by atoms with Gasteiger partial charge >= 0.3 is 0 Å². The van der Waals surface area contributed by atoms with E-state index in [2.05, 4.69) is 6.92 Å². The van der Waals surface area contributed by atoms with E-state index in [1.807, 2.05) is 0 Å². The standard InChI is InChI=1S/C21H45N2O/c1-2-3-4-5-6-7-8-9-10-11-12-13-14-15-16-17-20-23(24)21-18-19-22/h2-22H2,1H3/q-1. The molecule has 0 aromatic heterocycles. The molecule has 146 valence electrons. The summed E-state index contributed by atoms with van der Waals surface area (Å²) in [4.78, 5) is 0. The largest absolute Gasteiger partial charge is 0.785 e. The lowest BCUT2D eigenvalue weighted by Gasteiger charge is -2.27. The van der Waals surface area contributed by atoms with Crippen LogP contribution < -0.4 is 5.73 Å². The van der Waals surface area contributed by atoms with Crippen LogP contribution in [0.1, 0.15) is 116 Å². The number of rotatable bonds is 20. The van der Waals surface area contributed by atoms with Gasteiger partial charge in [0.05, 0.1) is 0 Å². The Morgan fingerprint density at radius 1 is 0.542 bits per heavy atom. The van der Waals surface area contributed by atoms with E-state index < -0.39 is 0 Å². The van der Waals surface area contributed by atoms with Gasteiger partial charge in [-0.1, -0.05) is 103 Å². The van der Waals surface area contributed by atoms with E-state index in [1.165, 1.54) is 101 Å². The Morgan fingerprint density at radius 2 is 0.875 bits per heavy atom. The molecule has 0 spiro atoms. The summed E-state index contributed by atoms with van der Waals surface area (Å²) in [5.41, 5.74) is 5.40. The second-order valence-electron chi connectivity index (χ2n) is 7.37. The number of hydrogen-bond acceptors (Lipinski definition) is 3. The monoisotopic (exact) mass is 341 g/mol. The topological polar surface area (TPSA) is 52.3 Å². The summed E-state index contributed by atoms with van der Waals surface area (Å²) < 4.78 is 0. The lowest BCUT2D eigenvalue weighted by molar-refractivity contribution is 0.359. The van der Waals surface area contributed by atoms with Crippen LogP contribution in [-0.4, -0.2) is 24.7 Å². The highest BCUT2D eigenvalue weighted by atomic mass is 16.5. The Kier molecular flexibility index (Phi) is 20.8. The third-order valence-corrected chi connectivity index (χ3v) is 4.87. The maximum absolute atomic E-state index is 11.4. The van der Waals surface area contributed by atoms with Crippen LogP contribution in [0.4, 0.5) is 0 Å². The Labute approximate surface area is 152 Å². The van der Waals surface area contributed by atoms with Crippen molar-refractivity contribution in [2.75, 3.05) is 19.6 Å². The van der Waals surface area contributed by atoms with Crippen molar-refractivity contribution in [3.05, 3.63) is 5.21 Å². The quantitative estimate of drug-likeness (QED) is 0.206. The molecule has 0 unspecified atom stereocenters. The van der Waals surface area contributed by atoms with Crippen LogP contribution in [0.15, 0.2) is 0 Å². The molecule has 0 fully saturated rings. The van der Waals surface area contributed by atoms with Gasteiger partial charge in [-0.2, -0.15) is 0 Å². The van der Waals surface area contributed by atoms with E-state index in [9.17, 15) is 5.21 Å². The second-order valence-corrected chi connectivity index (χ2v) is 7.37. The molecule has 0 bridgehead atoms. The number of unbranched alkanes of at least 4 members (excludes halogenated alkanes) is 15. The molecule has 0 aliphatic carbocycles. The Balaban J connectivity index is 3.02. The predicted octanol–water partition coefficient (Wildman–Crippen LogP) is 6.40. The van der Waals surface area contributed by atoms with E-state index in [-0.39, 0.29) is 0 Å². The summed E-state index contributed by atoms with van der Waals surface area (Å²) in [6.07, 6.45) is 22.8. The van der Waals surface area contributed by atoms with Gasteiger partial charge in [0.1, 0.15) is 0 Å². The molecular weight excluding hydrogens is 296 g/mol. The minimum absolute atomic E-state index is 0.606. The molecule has 24 heavy (non-hydrogen) atoms. The summed E-state index contributed by atoms with van der Waals surface area (Å²) in [6.45, 7) is 4.20. The third-order valence-electron chi connectivity index (χ3n) is 4.87. The van der Waals surface area contributed by atoms with Crippen LogP contribution in [0.5, 0.6) is 0 Å². The van der Waals surface area contributed by atoms with Gasteiger partial charge in [0, 0.05) is 0 Å². The summed E-state index contributed by atoms with van der Waals surface area (Å²) in [7, 11) is 0. The molecule has 0 amide bonds. The minimum Gasteiger partial charge on any atom is -0.785 e. The van der Waals surface area contributed by atoms with Crippen molar-refractivity contribution in [2.24, 2.45) is 5.73 Å². The highest BCUT2D eigenvalue weighted by Gasteiger charge is 1.95. The van der Waals surface area contributed by atoms with Crippen LogP contribution in [0.25, 0.3) is 0 Å². The van der Waals surface area contributed by atoms with Gasteiger partial charge < -0.3 is 16.0 Å². The van der Waals surface area contributed by atoms with Gasteiger partial charge in [0.25, 0.3) is 0 Å². The smallest absolute Gasteiger partial charge is 0.00654 e. The highest BCUT2D eigenvalue weighted by molar-refractivity contribution is 4.58. The van der Waals surface area contributed by atoms with Crippen LogP contribution in [0, 0.1) is 5.21 Å². The molecule has 0 aromatic rings. The van der Waals surface area contributed by atoms with E-state index in [4.69, 9.17) is 5.73 Å². The van der Waals surface area contributed by atoms with Crippen molar-refractivity contribution in [3.63, 3.8) is 0 Å². The van der Waals surface area contributed by atoms with Crippen molar-refractivity contribution in [1.29, 1.82) is 0 Å². The molecule has 0 heterocycles. The number of nitrogens with two attached hydrogens (primary N) is 1. The van der Waals surface area contributed by atoms with Gasteiger partial charge in [-0.3, -0.25) is 0 Å². The summed E-state index contributed by atoms with van der Waals surface area (Å²) in [5, 5.41) is 12.6. The molecule has 3 heteroatoms. The molecule has 0 rings (SSSR count). The van der Waals surface area contributed by atoms with E-state index in [0.717, 1.165) is 12.8 Å². The van der Waals surface area contributed by atoms with Crippen molar-refractivity contribution in [3.8, 4) is 0 Å². The maximum Gasteiger partial charge on any atom is -0.00654 e. The van der Waals surface area contributed by atoms with Gasteiger partial charge in [0.15, 0.2) is 0 Å². The molecule has 0 aromatic carbocycles. The molecular formula is C21H45N2O-. The second kappa shape index (κ2) is 20.9. The fourth-order valence-electron chi connectivity index (χ4n) is 3.22.